The van der Waals surface area contributed by atoms with Crippen LogP contribution in [0.4, 0.5) is 0 Å². The average molecular weight is 201 g/mol. The summed E-state index contributed by atoms with van der Waals surface area (Å²) in [4.78, 5) is 22.0. The van der Waals surface area contributed by atoms with E-state index in [1.165, 1.54) is 6.92 Å². The van der Waals surface area contributed by atoms with E-state index >= 15 is 0 Å². The number of hydrogen-bond acceptors (Lipinski definition) is 3. The van der Waals surface area contributed by atoms with Gasteiger partial charge < -0.3 is 16.0 Å². The molecular formula is C9H19N3O2. The fourth-order valence-corrected chi connectivity index (χ4v) is 0.749. The Hall–Kier alpha value is -1.10. The third-order valence-corrected chi connectivity index (χ3v) is 1.98. The van der Waals surface area contributed by atoms with Crippen LogP contribution in [0, 0.1) is 0 Å². The van der Waals surface area contributed by atoms with Gasteiger partial charge in [-0.25, -0.2) is 0 Å². The van der Waals surface area contributed by atoms with E-state index in [1.807, 2.05) is 0 Å². The van der Waals surface area contributed by atoms with E-state index in [0.29, 0.717) is 13.1 Å². The molecule has 2 amide bonds. The van der Waals surface area contributed by atoms with E-state index < -0.39 is 5.54 Å². The van der Waals surface area contributed by atoms with Crippen molar-refractivity contribution in [2.75, 3.05) is 20.1 Å². The summed E-state index contributed by atoms with van der Waals surface area (Å²) in [5, 5.41) is 8.20. The summed E-state index contributed by atoms with van der Waals surface area (Å²) in [7, 11) is 1.73. The highest BCUT2D eigenvalue weighted by Gasteiger charge is 2.24. The predicted octanol–water partition coefficient (Wildman–Crippen LogP) is -0.763. The van der Waals surface area contributed by atoms with E-state index in [4.69, 9.17) is 0 Å². The fraction of sp³-hybridized carbons (Fsp3) is 0.778. The Bertz CT molecular complexity index is 214. The normalized spacial score (nSPS) is 10.9. The topological polar surface area (TPSA) is 70.2 Å². The van der Waals surface area contributed by atoms with Crippen LogP contribution < -0.4 is 16.0 Å². The Kier molecular flexibility index (Phi) is 5.15. The van der Waals surface area contributed by atoms with E-state index in [2.05, 4.69) is 16.0 Å². The highest BCUT2D eigenvalue weighted by atomic mass is 16.2. The molecule has 0 aromatic carbocycles. The number of carbonyl (C=O) groups excluding carboxylic acids is 2. The standard InChI is InChI=1S/C9H19N3O2/c1-7(13)11-5-6-12-8(14)9(2,3)10-4/h10H,5-6H2,1-4H3,(H,11,13)(H,12,14). The Morgan fingerprint density at radius 2 is 1.64 bits per heavy atom. The number of likely N-dealkylation sites (N-methyl/N-ethyl adjacent to an activating group) is 1. The van der Waals surface area contributed by atoms with Crippen LogP contribution in [-0.4, -0.2) is 37.5 Å². The molecule has 0 aliphatic rings. The second-order valence-corrected chi connectivity index (χ2v) is 3.61. The van der Waals surface area contributed by atoms with E-state index in [1.54, 1.807) is 20.9 Å². The van der Waals surface area contributed by atoms with Crippen molar-refractivity contribution in [3.05, 3.63) is 0 Å². The molecule has 0 rings (SSSR count). The van der Waals surface area contributed by atoms with Crippen molar-refractivity contribution in [1.82, 2.24) is 16.0 Å². The van der Waals surface area contributed by atoms with Crippen molar-refractivity contribution in [3.63, 3.8) is 0 Å². The van der Waals surface area contributed by atoms with Crippen molar-refractivity contribution in [2.45, 2.75) is 26.3 Å². The SMILES string of the molecule is CNC(C)(C)C(=O)NCCNC(C)=O. The number of carbonyl (C=O) groups is 2. The molecule has 0 heterocycles. The monoisotopic (exact) mass is 201 g/mol. The van der Waals surface area contributed by atoms with Gasteiger partial charge in [-0.05, 0) is 20.9 Å². The zero-order valence-electron chi connectivity index (χ0n) is 9.23. The first-order chi connectivity index (χ1) is 6.40. The molecule has 3 N–H and O–H groups in total. The summed E-state index contributed by atoms with van der Waals surface area (Å²) >= 11 is 0. The van der Waals surface area contributed by atoms with E-state index in [9.17, 15) is 9.59 Å². The maximum atomic E-state index is 11.5. The van der Waals surface area contributed by atoms with Crippen LogP contribution in [-0.2, 0) is 9.59 Å². The van der Waals surface area contributed by atoms with Gasteiger partial charge in [0, 0.05) is 20.0 Å². The first-order valence-corrected chi connectivity index (χ1v) is 4.62. The molecule has 0 saturated carbocycles. The summed E-state index contributed by atoms with van der Waals surface area (Å²) in [6, 6.07) is 0. The molecule has 0 atom stereocenters. The van der Waals surface area contributed by atoms with Gasteiger partial charge in [0.1, 0.15) is 0 Å². The molecule has 82 valence electrons. The lowest BCUT2D eigenvalue weighted by Crippen LogP contribution is -2.52. The fourth-order valence-electron chi connectivity index (χ4n) is 0.749. The largest absolute Gasteiger partial charge is 0.355 e. The molecule has 0 fully saturated rings. The van der Waals surface area contributed by atoms with Crippen LogP contribution in [0.15, 0.2) is 0 Å². The molecule has 5 heteroatoms. The van der Waals surface area contributed by atoms with Gasteiger partial charge in [0.15, 0.2) is 0 Å². The molecule has 14 heavy (non-hydrogen) atoms. The zero-order chi connectivity index (χ0) is 11.2. The molecule has 0 aliphatic heterocycles. The molecule has 0 radical (unpaired) electrons. The van der Waals surface area contributed by atoms with Gasteiger partial charge in [0.05, 0.1) is 5.54 Å². The van der Waals surface area contributed by atoms with Gasteiger partial charge in [-0.3, -0.25) is 9.59 Å². The molecule has 5 nitrogen and oxygen atoms in total. The molecule has 0 saturated heterocycles. The highest BCUT2D eigenvalue weighted by Crippen LogP contribution is 1.99. The summed E-state index contributed by atoms with van der Waals surface area (Å²) in [5.74, 6) is -0.169. The number of amides is 2. The van der Waals surface area contributed by atoms with E-state index in [0.717, 1.165) is 0 Å². The molecule has 0 aromatic rings. The molecule has 0 bridgehead atoms. The average Bonchev–Trinajstić information content (AvgIpc) is 2.11. The lowest BCUT2D eigenvalue weighted by Gasteiger charge is -2.22. The third kappa shape index (κ3) is 4.81. The summed E-state index contributed by atoms with van der Waals surface area (Å²) in [6.07, 6.45) is 0. The molecule has 0 aliphatic carbocycles. The van der Waals surface area contributed by atoms with Crippen LogP contribution in [0.1, 0.15) is 20.8 Å². The lowest BCUT2D eigenvalue weighted by atomic mass is 10.1. The molecule has 0 unspecified atom stereocenters. The number of hydrogen-bond donors (Lipinski definition) is 3. The number of rotatable bonds is 5. The first kappa shape index (κ1) is 12.9. The van der Waals surface area contributed by atoms with Crippen molar-refractivity contribution in [2.24, 2.45) is 0 Å². The number of nitrogens with one attached hydrogen (secondary N) is 3. The van der Waals surface area contributed by atoms with Crippen molar-refractivity contribution in [1.29, 1.82) is 0 Å². The van der Waals surface area contributed by atoms with Gasteiger partial charge in [0.2, 0.25) is 11.8 Å². The van der Waals surface area contributed by atoms with Crippen LogP contribution in [0.25, 0.3) is 0 Å². The third-order valence-electron chi connectivity index (χ3n) is 1.98. The van der Waals surface area contributed by atoms with Gasteiger partial charge in [-0.2, -0.15) is 0 Å². The predicted molar refractivity (Wildman–Crippen MR) is 54.8 cm³/mol. The minimum absolute atomic E-state index is 0.0784. The minimum Gasteiger partial charge on any atom is -0.355 e. The van der Waals surface area contributed by atoms with Crippen molar-refractivity contribution < 1.29 is 9.59 Å². The van der Waals surface area contributed by atoms with Gasteiger partial charge >= 0.3 is 0 Å². The lowest BCUT2D eigenvalue weighted by molar-refractivity contribution is -0.126. The highest BCUT2D eigenvalue weighted by molar-refractivity contribution is 5.85. The smallest absolute Gasteiger partial charge is 0.239 e. The first-order valence-electron chi connectivity index (χ1n) is 4.62. The summed E-state index contributed by atoms with van der Waals surface area (Å²) < 4.78 is 0. The second kappa shape index (κ2) is 5.59. The van der Waals surface area contributed by atoms with Crippen molar-refractivity contribution in [3.8, 4) is 0 Å². The van der Waals surface area contributed by atoms with Crippen LogP contribution in [0.2, 0.25) is 0 Å². The Morgan fingerprint density at radius 1 is 1.14 bits per heavy atom. The van der Waals surface area contributed by atoms with Crippen molar-refractivity contribution >= 4 is 11.8 Å². The summed E-state index contributed by atoms with van der Waals surface area (Å²) in [6.45, 7) is 5.94. The molecular weight excluding hydrogens is 182 g/mol. The van der Waals surface area contributed by atoms with Crippen LogP contribution in [0.5, 0.6) is 0 Å². The van der Waals surface area contributed by atoms with Gasteiger partial charge in [-0.15, -0.1) is 0 Å². The zero-order valence-corrected chi connectivity index (χ0v) is 9.23. The quantitative estimate of drug-likeness (QED) is 0.512. The van der Waals surface area contributed by atoms with E-state index in [-0.39, 0.29) is 11.8 Å². The Balaban J connectivity index is 3.70. The van der Waals surface area contributed by atoms with Gasteiger partial charge in [0.25, 0.3) is 0 Å². The minimum atomic E-state index is -0.573. The Morgan fingerprint density at radius 3 is 2.07 bits per heavy atom. The molecule has 0 spiro atoms. The maximum absolute atomic E-state index is 11.5. The van der Waals surface area contributed by atoms with Crippen LogP contribution in [0.3, 0.4) is 0 Å². The maximum Gasteiger partial charge on any atom is 0.239 e. The summed E-state index contributed by atoms with van der Waals surface area (Å²) in [5.41, 5.74) is -0.573. The molecule has 0 aromatic heterocycles. The Labute approximate surface area is 84.6 Å². The second-order valence-electron chi connectivity index (χ2n) is 3.61. The van der Waals surface area contributed by atoms with Gasteiger partial charge in [-0.1, -0.05) is 0 Å². The van der Waals surface area contributed by atoms with Crippen LogP contribution >= 0.6 is 0 Å².